The van der Waals surface area contributed by atoms with E-state index in [0.717, 1.165) is 0 Å². The Morgan fingerprint density at radius 3 is 2.67 bits per heavy atom. The third kappa shape index (κ3) is 1.80. The van der Waals surface area contributed by atoms with Crippen LogP contribution in [0.25, 0.3) is 0 Å². The van der Waals surface area contributed by atoms with Gasteiger partial charge >= 0.3 is 5.69 Å². The van der Waals surface area contributed by atoms with E-state index in [-0.39, 0.29) is 0 Å². The number of nitrogen functional groups attached to an aromatic ring is 1. The Labute approximate surface area is 82.1 Å². The summed E-state index contributed by atoms with van der Waals surface area (Å²) in [5, 5.41) is 19.0. The molecule has 0 fully saturated rings. The Hall–Kier alpha value is -2.30. The van der Waals surface area contributed by atoms with Gasteiger partial charge in [-0.25, -0.2) is 13.8 Å². The normalized spacial score (nSPS) is 10.0. The molecule has 0 spiro atoms. The lowest BCUT2D eigenvalue weighted by Gasteiger charge is -2.03. The van der Waals surface area contributed by atoms with Gasteiger partial charge in [0.15, 0.2) is 5.56 Å². The van der Waals surface area contributed by atoms with Gasteiger partial charge in [-0.05, 0) is 0 Å². The summed E-state index contributed by atoms with van der Waals surface area (Å²) in [5.74, 6) is -0.436. The molecule has 0 saturated carbocycles. The summed E-state index contributed by atoms with van der Waals surface area (Å²) in [5.41, 5.74) is 2.62. The topological polar surface area (TPSA) is 106 Å². The van der Waals surface area contributed by atoms with E-state index in [9.17, 15) is 18.9 Å². The van der Waals surface area contributed by atoms with Crippen LogP contribution in [0.2, 0.25) is 0 Å². The van der Waals surface area contributed by atoms with Crippen LogP contribution in [0.3, 0.4) is 0 Å². The minimum atomic E-state index is -3.08. The molecule has 0 bridgehead atoms. The van der Waals surface area contributed by atoms with Crippen molar-refractivity contribution < 1.29 is 13.7 Å². The van der Waals surface area contributed by atoms with Crippen LogP contribution >= 0.6 is 0 Å². The van der Waals surface area contributed by atoms with Crippen LogP contribution in [0.5, 0.6) is 0 Å². The molecule has 1 heterocycles. The minimum absolute atomic E-state index is 0.436. The Bertz CT molecular complexity index is 455. The maximum absolute atomic E-state index is 12.3. The number of hydrogen-bond donors (Lipinski definition) is 1. The van der Waals surface area contributed by atoms with Crippen molar-refractivity contribution in [2.75, 3.05) is 5.73 Å². The van der Waals surface area contributed by atoms with Crippen LogP contribution in [0, 0.1) is 21.4 Å². The van der Waals surface area contributed by atoms with Crippen molar-refractivity contribution in [3.8, 4) is 6.07 Å². The quantitative estimate of drug-likeness (QED) is 0.591. The zero-order chi connectivity index (χ0) is 11.6. The van der Waals surface area contributed by atoms with Crippen LogP contribution in [-0.2, 0) is 0 Å². The summed E-state index contributed by atoms with van der Waals surface area (Å²) >= 11 is 0. The first kappa shape index (κ1) is 10.8. The number of aromatic nitrogens is 1. The average Bonchev–Trinajstić information content (AvgIpc) is 2.16. The van der Waals surface area contributed by atoms with E-state index in [1.54, 1.807) is 0 Å². The highest BCUT2D eigenvalue weighted by atomic mass is 19.3. The molecule has 0 saturated heterocycles. The Morgan fingerprint density at radius 2 is 2.27 bits per heavy atom. The lowest BCUT2D eigenvalue weighted by Crippen LogP contribution is -2.04. The van der Waals surface area contributed by atoms with Crippen molar-refractivity contribution >= 4 is 11.5 Å². The number of nitriles is 1. The minimum Gasteiger partial charge on any atom is -0.382 e. The maximum Gasteiger partial charge on any atom is 0.301 e. The standard InChI is InChI=1S/C7H4F2N4O2/c8-6(9)4-2-12-7(11)3(1-10)5(4)13(14)15/h2,6H,(H2,11,12). The van der Waals surface area contributed by atoms with Crippen molar-refractivity contribution in [1.82, 2.24) is 4.98 Å². The number of pyridine rings is 1. The molecule has 0 aromatic carbocycles. The summed E-state index contributed by atoms with van der Waals surface area (Å²) in [6.45, 7) is 0. The number of nitrogens with zero attached hydrogens (tertiary/aromatic N) is 3. The lowest BCUT2D eigenvalue weighted by atomic mass is 10.1. The summed E-state index contributed by atoms with van der Waals surface area (Å²) in [7, 11) is 0. The van der Waals surface area contributed by atoms with Crippen molar-refractivity contribution in [2.45, 2.75) is 6.43 Å². The SMILES string of the molecule is N#Cc1c(N)ncc(C(F)F)c1[N+](=O)[O-]. The van der Waals surface area contributed by atoms with E-state index in [0.29, 0.717) is 6.20 Å². The Kier molecular flexibility index (Phi) is 2.75. The molecule has 8 heteroatoms. The zero-order valence-corrected chi connectivity index (χ0v) is 7.15. The van der Waals surface area contributed by atoms with Gasteiger partial charge in [-0.3, -0.25) is 10.1 Å². The number of hydrogen-bond acceptors (Lipinski definition) is 5. The number of halogens is 2. The molecule has 0 atom stereocenters. The fraction of sp³-hybridized carbons (Fsp3) is 0.143. The van der Waals surface area contributed by atoms with Gasteiger partial charge in [0.25, 0.3) is 6.43 Å². The fourth-order valence-corrected chi connectivity index (χ4v) is 0.997. The van der Waals surface area contributed by atoms with Crippen molar-refractivity contribution in [3.05, 3.63) is 27.4 Å². The molecule has 6 nitrogen and oxygen atoms in total. The van der Waals surface area contributed by atoms with Gasteiger partial charge in [0.1, 0.15) is 17.5 Å². The van der Waals surface area contributed by atoms with Gasteiger partial charge in [-0.15, -0.1) is 0 Å². The van der Waals surface area contributed by atoms with Crippen molar-refractivity contribution in [1.29, 1.82) is 5.26 Å². The monoisotopic (exact) mass is 214 g/mol. The van der Waals surface area contributed by atoms with E-state index in [2.05, 4.69) is 4.98 Å². The molecule has 78 valence electrons. The number of rotatable bonds is 2. The molecule has 0 aliphatic carbocycles. The van der Waals surface area contributed by atoms with Gasteiger partial charge in [0, 0.05) is 6.20 Å². The smallest absolute Gasteiger partial charge is 0.301 e. The van der Waals surface area contributed by atoms with E-state index >= 15 is 0 Å². The zero-order valence-electron chi connectivity index (χ0n) is 7.15. The van der Waals surface area contributed by atoms with Gasteiger partial charge in [-0.2, -0.15) is 5.26 Å². The highest BCUT2D eigenvalue weighted by Crippen LogP contribution is 2.32. The molecule has 0 amide bonds. The van der Waals surface area contributed by atoms with E-state index in [1.165, 1.54) is 6.07 Å². The molecule has 0 aliphatic rings. The van der Waals surface area contributed by atoms with E-state index in [1.807, 2.05) is 0 Å². The van der Waals surface area contributed by atoms with Crippen LogP contribution in [0.1, 0.15) is 17.6 Å². The summed E-state index contributed by atoms with van der Waals surface area (Å²) in [6.07, 6.45) is -2.48. The number of alkyl halides is 2. The second-order valence-corrected chi connectivity index (χ2v) is 2.49. The number of nitro groups is 1. The van der Waals surface area contributed by atoms with Crippen LogP contribution in [0.15, 0.2) is 6.20 Å². The first-order chi connectivity index (χ1) is 6.99. The number of nitrogens with two attached hydrogens (primary N) is 1. The van der Waals surface area contributed by atoms with Crippen molar-refractivity contribution in [2.24, 2.45) is 0 Å². The third-order valence-corrected chi connectivity index (χ3v) is 1.64. The van der Waals surface area contributed by atoms with Gasteiger partial charge in [0.05, 0.1) is 4.92 Å². The summed E-state index contributed by atoms with van der Waals surface area (Å²) < 4.78 is 24.7. The molecule has 1 aromatic rings. The van der Waals surface area contributed by atoms with Crippen molar-refractivity contribution in [3.63, 3.8) is 0 Å². The highest BCUT2D eigenvalue weighted by molar-refractivity contribution is 5.63. The molecule has 15 heavy (non-hydrogen) atoms. The first-order valence-electron chi connectivity index (χ1n) is 3.60. The lowest BCUT2D eigenvalue weighted by molar-refractivity contribution is -0.386. The van der Waals surface area contributed by atoms with Gasteiger partial charge in [-0.1, -0.05) is 0 Å². The predicted octanol–water partition coefficient (Wildman–Crippen LogP) is 1.38. The maximum atomic E-state index is 12.3. The highest BCUT2D eigenvalue weighted by Gasteiger charge is 2.28. The molecular weight excluding hydrogens is 210 g/mol. The van der Waals surface area contributed by atoms with Gasteiger partial charge < -0.3 is 5.73 Å². The summed E-state index contributed by atoms with van der Waals surface area (Å²) in [4.78, 5) is 12.7. The predicted molar refractivity (Wildman–Crippen MR) is 45.0 cm³/mol. The molecular formula is C7H4F2N4O2. The second kappa shape index (κ2) is 3.83. The summed E-state index contributed by atoms with van der Waals surface area (Å²) in [6, 6.07) is 1.38. The molecule has 0 unspecified atom stereocenters. The van der Waals surface area contributed by atoms with Gasteiger partial charge in [0.2, 0.25) is 0 Å². The van der Waals surface area contributed by atoms with E-state index < -0.39 is 34.0 Å². The largest absolute Gasteiger partial charge is 0.382 e. The second-order valence-electron chi connectivity index (χ2n) is 2.49. The molecule has 1 aromatic heterocycles. The number of anilines is 1. The Morgan fingerprint density at radius 1 is 1.67 bits per heavy atom. The Balaban J connectivity index is 3.58. The molecule has 0 aliphatic heterocycles. The van der Waals surface area contributed by atoms with Crippen LogP contribution < -0.4 is 5.73 Å². The molecule has 1 rings (SSSR count). The molecule has 0 radical (unpaired) electrons. The fourth-order valence-electron chi connectivity index (χ4n) is 0.997. The molecule has 2 N–H and O–H groups in total. The van der Waals surface area contributed by atoms with E-state index in [4.69, 9.17) is 11.0 Å². The average molecular weight is 214 g/mol. The first-order valence-corrected chi connectivity index (χ1v) is 3.60. The third-order valence-electron chi connectivity index (χ3n) is 1.64. The van der Waals surface area contributed by atoms with Crippen LogP contribution in [-0.4, -0.2) is 9.91 Å². The van der Waals surface area contributed by atoms with Crippen LogP contribution in [0.4, 0.5) is 20.3 Å².